The van der Waals surface area contributed by atoms with Gasteiger partial charge in [0.25, 0.3) is 0 Å². The molecule has 116 valence electrons. The molecule has 0 aliphatic heterocycles. The van der Waals surface area contributed by atoms with Crippen LogP contribution in [0.4, 0.5) is 0 Å². The third-order valence-corrected chi connectivity index (χ3v) is 3.28. The Kier molecular flexibility index (Phi) is 6.72. The summed E-state index contributed by atoms with van der Waals surface area (Å²) in [6.07, 6.45) is 1.78. The highest BCUT2D eigenvalue weighted by Gasteiger charge is 2.22. The van der Waals surface area contributed by atoms with E-state index in [0.717, 1.165) is 17.7 Å². The summed E-state index contributed by atoms with van der Waals surface area (Å²) in [5, 5.41) is 11.6. The van der Waals surface area contributed by atoms with Crippen molar-refractivity contribution in [2.45, 2.75) is 39.2 Å². The highest BCUT2D eigenvalue weighted by Crippen LogP contribution is 2.13. The lowest BCUT2D eigenvalue weighted by molar-refractivity contribution is -0.143. The van der Waals surface area contributed by atoms with Gasteiger partial charge in [-0.1, -0.05) is 26.0 Å². The van der Waals surface area contributed by atoms with E-state index >= 15 is 0 Å². The quantitative estimate of drug-likeness (QED) is 0.770. The molecule has 5 nitrogen and oxygen atoms in total. The van der Waals surface area contributed by atoms with E-state index in [0.29, 0.717) is 12.8 Å². The Morgan fingerprint density at radius 3 is 2.33 bits per heavy atom. The topological polar surface area (TPSA) is 75.6 Å². The van der Waals surface area contributed by atoms with E-state index in [1.807, 2.05) is 24.3 Å². The summed E-state index contributed by atoms with van der Waals surface area (Å²) in [6, 6.07) is 6.87. The Labute approximate surface area is 125 Å². The van der Waals surface area contributed by atoms with Crippen molar-refractivity contribution in [3.05, 3.63) is 29.8 Å². The molecule has 1 amide bonds. The molecule has 0 saturated carbocycles. The summed E-state index contributed by atoms with van der Waals surface area (Å²) in [5.74, 6) is -0.538. The van der Waals surface area contributed by atoms with Gasteiger partial charge in [-0.25, -0.2) is 4.79 Å². The summed E-state index contributed by atoms with van der Waals surface area (Å²) in [6.45, 7) is 3.55. The molecule has 1 aromatic carbocycles. The van der Waals surface area contributed by atoms with Crippen LogP contribution in [0, 0.1) is 5.92 Å². The molecule has 0 saturated heterocycles. The average Bonchev–Trinajstić information content (AvgIpc) is 2.45. The van der Waals surface area contributed by atoms with Gasteiger partial charge in [0, 0.05) is 6.42 Å². The molecule has 0 aliphatic carbocycles. The predicted octanol–water partition coefficient (Wildman–Crippen LogP) is 2.24. The van der Waals surface area contributed by atoms with Gasteiger partial charge in [-0.3, -0.25) is 4.79 Å². The second-order valence-electron chi connectivity index (χ2n) is 5.33. The van der Waals surface area contributed by atoms with Gasteiger partial charge in [-0.15, -0.1) is 0 Å². The first kappa shape index (κ1) is 17.0. The van der Waals surface area contributed by atoms with Gasteiger partial charge in [0.15, 0.2) is 0 Å². The van der Waals surface area contributed by atoms with Crippen molar-refractivity contribution in [1.29, 1.82) is 0 Å². The molecule has 21 heavy (non-hydrogen) atoms. The van der Waals surface area contributed by atoms with Crippen LogP contribution >= 0.6 is 0 Å². The van der Waals surface area contributed by atoms with Crippen molar-refractivity contribution < 1.29 is 19.4 Å². The van der Waals surface area contributed by atoms with Crippen molar-refractivity contribution >= 4 is 11.9 Å². The van der Waals surface area contributed by atoms with Crippen molar-refractivity contribution in [2.24, 2.45) is 5.92 Å². The normalized spacial score (nSPS) is 12.0. The number of benzene rings is 1. The van der Waals surface area contributed by atoms with Crippen molar-refractivity contribution in [3.8, 4) is 5.75 Å². The van der Waals surface area contributed by atoms with E-state index in [9.17, 15) is 9.59 Å². The number of hydrogen-bond acceptors (Lipinski definition) is 3. The van der Waals surface area contributed by atoms with Crippen molar-refractivity contribution in [2.75, 3.05) is 7.11 Å². The van der Waals surface area contributed by atoms with Crippen LogP contribution in [0.1, 0.15) is 32.3 Å². The van der Waals surface area contributed by atoms with Gasteiger partial charge < -0.3 is 15.2 Å². The fourth-order valence-electron chi connectivity index (χ4n) is 2.00. The molecule has 0 spiro atoms. The molecular formula is C16H23NO4. The minimum Gasteiger partial charge on any atom is -0.497 e. The zero-order valence-electron chi connectivity index (χ0n) is 12.8. The number of aliphatic carboxylic acids is 1. The first-order chi connectivity index (χ1) is 9.93. The SMILES string of the molecule is COc1ccc(CCCC(=O)NC(C(=O)O)C(C)C)cc1. The summed E-state index contributed by atoms with van der Waals surface area (Å²) < 4.78 is 5.08. The molecule has 0 aromatic heterocycles. The van der Waals surface area contributed by atoms with E-state index in [1.165, 1.54) is 0 Å². The molecule has 1 unspecified atom stereocenters. The minimum atomic E-state index is -0.992. The van der Waals surface area contributed by atoms with E-state index in [-0.39, 0.29) is 11.8 Å². The number of nitrogens with one attached hydrogen (secondary N) is 1. The van der Waals surface area contributed by atoms with E-state index < -0.39 is 12.0 Å². The first-order valence-corrected chi connectivity index (χ1v) is 7.09. The smallest absolute Gasteiger partial charge is 0.326 e. The maximum absolute atomic E-state index is 11.8. The van der Waals surface area contributed by atoms with Gasteiger partial charge in [-0.2, -0.15) is 0 Å². The van der Waals surface area contributed by atoms with Gasteiger partial charge in [0.05, 0.1) is 7.11 Å². The standard InChI is InChI=1S/C16H23NO4/c1-11(2)15(16(19)20)17-14(18)6-4-5-12-7-9-13(21-3)10-8-12/h7-11,15H,4-6H2,1-3H3,(H,17,18)(H,19,20). The Morgan fingerprint density at radius 1 is 1.24 bits per heavy atom. The summed E-state index contributed by atoms with van der Waals surface area (Å²) >= 11 is 0. The number of rotatable bonds is 8. The van der Waals surface area contributed by atoms with Gasteiger partial charge >= 0.3 is 5.97 Å². The Bertz CT molecular complexity index is 468. The fourth-order valence-corrected chi connectivity index (χ4v) is 2.00. The molecule has 1 rings (SSSR count). The molecule has 0 radical (unpaired) electrons. The second kappa shape index (κ2) is 8.29. The highest BCUT2D eigenvalue weighted by atomic mass is 16.5. The second-order valence-corrected chi connectivity index (χ2v) is 5.33. The van der Waals surface area contributed by atoms with Crippen molar-refractivity contribution in [3.63, 3.8) is 0 Å². The lowest BCUT2D eigenvalue weighted by atomic mass is 10.0. The lowest BCUT2D eigenvalue weighted by Crippen LogP contribution is -2.44. The zero-order valence-corrected chi connectivity index (χ0v) is 12.8. The third-order valence-electron chi connectivity index (χ3n) is 3.28. The maximum atomic E-state index is 11.8. The first-order valence-electron chi connectivity index (χ1n) is 7.09. The molecule has 0 fully saturated rings. The molecule has 5 heteroatoms. The van der Waals surface area contributed by atoms with Crippen LogP contribution in [0.5, 0.6) is 5.75 Å². The summed E-state index contributed by atoms with van der Waals surface area (Å²) in [4.78, 5) is 22.8. The number of carbonyl (C=O) groups is 2. The molecule has 0 heterocycles. The van der Waals surface area contributed by atoms with E-state index in [1.54, 1.807) is 21.0 Å². The number of carboxylic acid groups (broad SMARTS) is 1. The number of methoxy groups -OCH3 is 1. The number of hydrogen-bond donors (Lipinski definition) is 2. The number of carbonyl (C=O) groups excluding carboxylic acids is 1. The number of aryl methyl sites for hydroxylation is 1. The Balaban J connectivity index is 2.37. The fraction of sp³-hybridized carbons (Fsp3) is 0.500. The van der Waals surface area contributed by atoms with E-state index in [4.69, 9.17) is 9.84 Å². The molecular weight excluding hydrogens is 270 g/mol. The van der Waals surface area contributed by atoms with Crippen LogP contribution in [0.3, 0.4) is 0 Å². The van der Waals surface area contributed by atoms with Crippen LogP contribution in [0.2, 0.25) is 0 Å². The molecule has 1 atom stereocenters. The van der Waals surface area contributed by atoms with Gasteiger partial charge in [0.1, 0.15) is 11.8 Å². The number of carboxylic acids is 1. The number of amides is 1. The monoisotopic (exact) mass is 293 g/mol. The third kappa shape index (κ3) is 5.85. The Hall–Kier alpha value is -2.04. The largest absolute Gasteiger partial charge is 0.497 e. The molecule has 0 aliphatic rings. The zero-order chi connectivity index (χ0) is 15.8. The summed E-state index contributed by atoms with van der Waals surface area (Å²) in [5.41, 5.74) is 1.13. The minimum absolute atomic E-state index is 0.131. The average molecular weight is 293 g/mol. The van der Waals surface area contributed by atoms with Crippen LogP contribution in [0.25, 0.3) is 0 Å². The van der Waals surface area contributed by atoms with E-state index in [2.05, 4.69) is 5.32 Å². The van der Waals surface area contributed by atoms with Crippen LogP contribution in [0.15, 0.2) is 24.3 Å². The summed E-state index contributed by atoms with van der Waals surface area (Å²) in [7, 11) is 1.62. The highest BCUT2D eigenvalue weighted by molar-refractivity contribution is 5.83. The maximum Gasteiger partial charge on any atom is 0.326 e. The lowest BCUT2D eigenvalue weighted by Gasteiger charge is -2.17. The van der Waals surface area contributed by atoms with Crippen molar-refractivity contribution in [1.82, 2.24) is 5.32 Å². The van der Waals surface area contributed by atoms with Gasteiger partial charge in [-0.05, 0) is 36.5 Å². The van der Waals surface area contributed by atoms with Crippen LogP contribution < -0.4 is 10.1 Å². The van der Waals surface area contributed by atoms with Crippen LogP contribution in [-0.4, -0.2) is 30.1 Å². The molecule has 0 bridgehead atoms. The van der Waals surface area contributed by atoms with Gasteiger partial charge in [0.2, 0.25) is 5.91 Å². The predicted molar refractivity (Wildman–Crippen MR) is 80.3 cm³/mol. The molecule has 2 N–H and O–H groups in total. The molecule has 1 aromatic rings. The van der Waals surface area contributed by atoms with Crippen LogP contribution in [-0.2, 0) is 16.0 Å². The number of ether oxygens (including phenoxy) is 1. The Morgan fingerprint density at radius 2 is 1.86 bits per heavy atom.